The molecule has 0 fully saturated rings. The summed E-state index contributed by atoms with van der Waals surface area (Å²) in [5.74, 6) is -0.0110. The van der Waals surface area contributed by atoms with Crippen molar-refractivity contribution in [3.63, 3.8) is 0 Å². The van der Waals surface area contributed by atoms with Gasteiger partial charge in [-0.2, -0.15) is 0 Å². The van der Waals surface area contributed by atoms with E-state index >= 15 is 0 Å². The molecule has 1 unspecified atom stereocenters. The minimum Gasteiger partial charge on any atom is -0.383 e. The first kappa shape index (κ1) is 16.4. The fourth-order valence-corrected chi connectivity index (χ4v) is 1.31. The Kier molecular flexibility index (Phi) is 11.4. The standard InChI is InChI=1S/C12H26N2O3/c1-4-5-7-17-8-6-13-9-12(15)14-11(2)10-16-3/h11,13H,4-10H2,1-3H3,(H,14,15). The van der Waals surface area contributed by atoms with E-state index in [1.165, 1.54) is 0 Å². The quantitative estimate of drug-likeness (QED) is 0.523. The van der Waals surface area contributed by atoms with Crippen LogP contribution in [0.4, 0.5) is 0 Å². The molecule has 0 saturated carbocycles. The first-order valence-electron chi connectivity index (χ1n) is 6.27. The van der Waals surface area contributed by atoms with Crippen LogP contribution >= 0.6 is 0 Å². The van der Waals surface area contributed by atoms with Gasteiger partial charge in [0.15, 0.2) is 0 Å². The molecule has 0 spiro atoms. The van der Waals surface area contributed by atoms with Crippen LogP contribution in [0.15, 0.2) is 0 Å². The van der Waals surface area contributed by atoms with Crippen molar-refractivity contribution < 1.29 is 14.3 Å². The number of methoxy groups -OCH3 is 1. The van der Waals surface area contributed by atoms with Gasteiger partial charge in [-0.05, 0) is 13.3 Å². The van der Waals surface area contributed by atoms with Crippen molar-refractivity contribution in [2.45, 2.75) is 32.7 Å². The van der Waals surface area contributed by atoms with Crippen LogP contribution in [0, 0.1) is 0 Å². The third-order valence-electron chi connectivity index (χ3n) is 2.18. The molecular weight excluding hydrogens is 220 g/mol. The third-order valence-corrected chi connectivity index (χ3v) is 2.18. The van der Waals surface area contributed by atoms with Crippen LogP contribution in [0.3, 0.4) is 0 Å². The average molecular weight is 246 g/mol. The number of hydrogen-bond acceptors (Lipinski definition) is 4. The molecule has 0 radical (unpaired) electrons. The van der Waals surface area contributed by atoms with E-state index in [2.05, 4.69) is 17.6 Å². The highest BCUT2D eigenvalue weighted by atomic mass is 16.5. The molecule has 102 valence electrons. The molecule has 0 aliphatic heterocycles. The smallest absolute Gasteiger partial charge is 0.234 e. The van der Waals surface area contributed by atoms with Gasteiger partial charge in [0.2, 0.25) is 5.91 Å². The SMILES string of the molecule is CCCCOCCNCC(=O)NC(C)COC. The molecule has 0 aromatic rings. The minimum absolute atomic E-state index is 0.0110. The van der Waals surface area contributed by atoms with Crippen LogP contribution in [-0.2, 0) is 14.3 Å². The van der Waals surface area contributed by atoms with Gasteiger partial charge in [-0.25, -0.2) is 0 Å². The topological polar surface area (TPSA) is 59.6 Å². The molecule has 2 N–H and O–H groups in total. The lowest BCUT2D eigenvalue weighted by Crippen LogP contribution is -2.41. The van der Waals surface area contributed by atoms with Crippen LogP contribution in [0.5, 0.6) is 0 Å². The van der Waals surface area contributed by atoms with Crippen LogP contribution in [-0.4, -0.2) is 52.0 Å². The summed E-state index contributed by atoms with van der Waals surface area (Å²) in [5, 5.41) is 5.86. The highest BCUT2D eigenvalue weighted by Crippen LogP contribution is 1.86. The number of unbranched alkanes of at least 4 members (excludes halogenated alkanes) is 1. The van der Waals surface area contributed by atoms with Crippen molar-refractivity contribution in [1.29, 1.82) is 0 Å². The molecule has 0 rings (SSSR count). The molecule has 1 atom stereocenters. The summed E-state index contributed by atoms with van der Waals surface area (Å²) in [4.78, 5) is 11.4. The second-order valence-electron chi connectivity index (χ2n) is 4.07. The van der Waals surface area contributed by atoms with E-state index in [1.807, 2.05) is 6.92 Å². The molecule has 17 heavy (non-hydrogen) atoms. The van der Waals surface area contributed by atoms with Gasteiger partial charge in [0.25, 0.3) is 0 Å². The fourth-order valence-electron chi connectivity index (χ4n) is 1.31. The number of rotatable bonds is 11. The number of amides is 1. The molecule has 5 heteroatoms. The van der Waals surface area contributed by atoms with E-state index in [4.69, 9.17) is 9.47 Å². The predicted molar refractivity (Wildman–Crippen MR) is 68.1 cm³/mol. The summed E-state index contributed by atoms with van der Waals surface area (Å²) in [6.07, 6.45) is 2.24. The lowest BCUT2D eigenvalue weighted by atomic mass is 10.3. The predicted octanol–water partition coefficient (Wildman–Crippen LogP) is 0.544. The zero-order valence-corrected chi connectivity index (χ0v) is 11.3. The van der Waals surface area contributed by atoms with Gasteiger partial charge in [0.05, 0.1) is 19.8 Å². The largest absolute Gasteiger partial charge is 0.383 e. The molecule has 0 saturated heterocycles. The van der Waals surface area contributed by atoms with E-state index in [0.29, 0.717) is 26.3 Å². The Morgan fingerprint density at radius 2 is 2.12 bits per heavy atom. The Hall–Kier alpha value is -0.650. The monoisotopic (exact) mass is 246 g/mol. The van der Waals surface area contributed by atoms with E-state index < -0.39 is 0 Å². The maximum atomic E-state index is 11.4. The van der Waals surface area contributed by atoms with Crippen LogP contribution in [0.1, 0.15) is 26.7 Å². The highest BCUT2D eigenvalue weighted by molar-refractivity contribution is 5.78. The molecular formula is C12H26N2O3. The van der Waals surface area contributed by atoms with Crippen molar-refractivity contribution in [2.24, 2.45) is 0 Å². The van der Waals surface area contributed by atoms with Crippen molar-refractivity contribution in [2.75, 3.05) is 40.0 Å². The second kappa shape index (κ2) is 11.8. The normalized spacial score (nSPS) is 12.4. The maximum absolute atomic E-state index is 11.4. The molecule has 0 aliphatic rings. The second-order valence-corrected chi connectivity index (χ2v) is 4.07. The number of nitrogens with one attached hydrogen (secondary N) is 2. The van der Waals surface area contributed by atoms with Crippen molar-refractivity contribution >= 4 is 5.91 Å². The average Bonchev–Trinajstić information content (AvgIpc) is 2.28. The Bertz CT molecular complexity index is 189. The summed E-state index contributed by atoms with van der Waals surface area (Å²) in [7, 11) is 1.62. The van der Waals surface area contributed by atoms with E-state index in [1.54, 1.807) is 7.11 Å². The van der Waals surface area contributed by atoms with Crippen molar-refractivity contribution in [1.82, 2.24) is 10.6 Å². The van der Waals surface area contributed by atoms with Gasteiger partial charge >= 0.3 is 0 Å². The minimum atomic E-state index is -0.0110. The summed E-state index contributed by atoms with van der Waals surface area (Å²) in [6, 6.07) is 0.0510. The Labute approximate surface area is 104 Å². The van der Waals surface area contributed by atoms with E-state index in [0.717, 1.165) is 19.4 Å². The summed E-state index contributed by atoms with van der Waals surface area (Å²) < 4.78 is 10.3. The molecule has 0 aromatic carbocycles. The Morgan fingerprint density at radius 1 is 1.35 bits per heavy atom. The van der Waals surface area contributed by atoms with Gasteiger partial charge in [-0.15, -0.1) is 0 Å². The zero-order chi connectivity index (χ0) is 12.9. The lowest BCUT2D eigenvalue weighted by molar-refractivity contribution is -0.121. The van der Waals surface area contributed by atoms with Crippen LogP contribution in [0.2, 0.25) is 0 Å². The first-order chi connectivity index (χ1) is 8.20. The molecule has 0 aromatic heterocycles. The number of hydrogen-bond donors (Lipinski definition) is 2. The lowest BCUT2D eigenvalue weighted by Gasteiger charge is -2.13. The number of ether oxygens (including phenoxy) is 2. The molecule has 1 amide bonds. The van der Waals surface area contributed by atoms with Crippen LogP contribution < -0.4 is 10.6 Å². The van der Waals surface area contributed by atoms with Gasteiger partial charge in [0, 0.05) is 26.3 Å². The Balaban J connectivity index is 3.27. The molecule has 0 bridgehead atoms. The highest BCUT2D eigenvalue weighted by Gasteiger charge is 2.05. The first-order valence-corrected chi connectivity index (χ1v) is 6.27. The maximum Gasteiger partial charge on any atom is 0.234 e. The van der Waals surface area contributed by atoms with Gasteiger partial charge in [0.1, 0.15) is 0 Å². The number of carbonyl (C=O) groups is 1. The van der Waals surface area contributed by atoms with Crippen molar-refractivity contribution in [3.05, 3.63) is 0 Å². The molecule has 0 aliphatic carbocycles. The molecule has 5 nitrogen and oxygen atoms in total. The van der Waals surface area contributed by atoms with E-state index in [-0.39, 0.29) is 11.9 Å². The van der Waals surface area contributed by atoms with Gasteiger partial charge in [-0.3, -0.25) is 4.79 Å². The summed E-state index contributed by atoms with van der Waals surface area (Å²) in [6.45, 7) is 7.06. The summed E-state index contributed by atoms with van der Waals surface area (Å²) >= 11 is 0. The molecule has 0 heterocycles. The Morgan fingerprint density at radius 3 is 2.76 bits per heavy atom. The zero-order valence-electron chi connectivity index (χ0n) is 11.3. The van der Waals surface area contributed by atoms with Gasteiger partial charge < -0.3 is 20.1 Å². The van der Waals surface area contributed by atoms with Crippen LogP contribution in [0.25, 0.3) is 0 Å². The third kappa shape index (κ3) is 11.6. The van der Waals surface area contributed by atoms with Gasteiger partial charge in [-0.1, -0.05) is 13.3 Å². The van der Waals surface area contributed by atoms with E-state index in [9.17, 15) is 4.79 Å². The van der Waals surface area contributed by atoms with Crippen molar-refractivity contribution in [3.8, 4) is 0 Å². The fraction of sp³-hybridized carbons (Fsp3) is 0.917. The summed E-state index contributed by atoms with van der Waals surface area (Å²) in [5.41, 5.74) is 0. The number of carbonyl (C=O) groups excluding carboxylic acids is 1.